The third kappa shape index (κ3) is 6.29. The molecule has 360 valence electrons. The van der Waals surface area contributed by atoms with Crippen molar-refractivity contribution in [1.82, 2.24) is 28.2 Å². The molecule has 0 saturated heterocycles. The maximum atomic E-state index is 5.77. The van der Waals surface area contributed by atoms with E-state index in [0.29, 0.717) is 5.95 Å². The van der Waals surface area contributed by atoms with Crippen LogP contribution in [0.1, 0.15) is 0 Å². The van der Waals surface area contributed by atoms with Crippen LogP contribution in [0.3, 0.4) is 0 Å². The number of rotatable bonds is 8. The van der Waals surface area contributed by atoms with Crippen molar-refractivity contribution in [3.05, 3.63) is 279 Å². The van der Waals surface area contributed by atoms with Crippen molar-refractivity contribution in [3.8, 4) is 23.3 Å². The van der Waals surface area contributed by atoms with E-state index in [1.165, 1.54) is 42.3 Å². The summed E-state index contributed by atoms with van der Waals surface area (Å²) < 4.78 is 9.46. The van der Waals surface area contributed by atoms with Gasteiger partial charge in [0.1, 0.15) is 11.6 Å². The number of benzene rings is 11. The standard InChI is InChI=1S/C70H46N6Si/c1-4-24-48(25-5-1)77(49-26-6-2-7-27-49,50-28-8-3-9-29-50)51-30-22-23-47(45-51)73-64-42-21-15-36-58(64)68-65(73)44-43-57-56-35-14-20-41-63(56)76(69(57)68)70-71-66(74-59-37-16-10-31-52(59)53-32-11-17-38-60(53)74)46-67(72-70)75-61-39-18-12-33-54(61)55-34-13-19-40-62(55)75/h1-46H. The van der Waals surface area contributed by atoms with Crippen LogP contribution in [0.5, 0.6) is 0 Å². The van der Waals surface area contributed by atoms with Crippen LogP contribution in [0.2, 0.25) is 0 Å². The summed E-state index contributed by atoms with van der Waals surface area (Å²) in [7, 11) is -2.86. The predicted octanol–water partition coefficient (Wildman–Crippen LogP) is 14.2. The molecule has 0 aliphatic carbocycles. The van der Waals surface area contributed by atoms with E-state index in [1.807, 2.05) is 0 Å². The lowest BCUT2D eigenvalue weighted by molar-refractivity contribution is 0.919. The Labute approximate surface area is 444 Å². The van der Waals surface area contributed by atoms with Crippen LogP contribution in [0.25, 0.3) is 110 Å². The highest BCUT2D eigenvalue weighted by Crippen LogP contribution is 2.43. The van der Waals surface area contributed by atoms with Crippen molar-refractivity contribution in [2.45, 2.75) is 0 Å². The molecule has 0 saturated carbocycles. The summed E-state index contributed by atoms with van der Waals surface area (Å²) in [5.41, 5.74) is 9.76. The molecule has 0 unspecified atom stereocenters. The summed E-state index contributed by atoms with van der Waals surface area (Å²) in [4.78, 5) is 11.5. The third-order valence-corrected chi connectivity index (χ3v) is 20.9. The maximum Gasteiger partial charge on any atom is 0.238 e. The molecule has 16 aromatic rings. The van der Waals surface area contributed by atoms with E-state index in [0.717, 1.165) is 83.0 Å². The SMILES string of the molecule is c1ccc([Si](c2ccccc2)(c2ccccc2)c2cccc(-n3c4ccccc4c4c3ccc3c5ccccc5n(-c5nc(-n6c7ccccc7c7ccccc76)cc(-n6c7ccccc7c7ccccc76)n5)c34)c2)cc1. The van der Waals surface area contributed by atoms with E-state index in [2.05, 4.69) is 297 Å². The van der Waals surface area contributed by atoms with Gasteiger partial charge in [0.05, 0.1) is 44.1 Å². The lowest BCUT2D eigenvalue weighted by Gasteiger charge is -2.34. The second-order valence-corrected chi connectivity index (χ2v) is 23.9. The maximum absolute atomic E-state index is 5.77. The fourth-order valence-electron chi connectivity index (χ4n) is 13.0. The van der Waals surface area contributed by atoms with Gasteiger partial charge in [0, 0.05) is 54.8 Å². The van der Waals surface area contributed by atoms with Crippen LogP contribution >= 0.6 is 0 Å². The van der Waals surface area contributed by atoms with Crippen LogP contribution in [-0.4, -0.2) is 36.3 Å². The molecule has 0 bridgehead atoms. The van der Waals surface area contributed by atoms with Crippen LogP contribution in [-0.2, 0) is 0 Å². The molecule has 5 heterocycles. The Hall–Kier alpha value is -10.1. The van der Waals surface area contributed by atoms with Crippen LogP contribution in [0, 0.1) is 0 Å². The Morgan fingerprint density at radius 1 is 0.247 bits per heavy atom. The van der Waals surface area contributed by atoms with E-state index in [-0.39, 0.29) is 0 Å². The highest BCUT2D eigenvalue weighted by molar-refractivity contribution is 7.19. The molecule has 0 radical (unpaired) electrons. The van der Waals surface area contributed by atoms with Crippen LogP contribution in [0.15, 0.2) is 279 Å². The molecule has 11 aromatic carbocycles. The average Bonchev–Trinajstić information content (AvgIpc) is 4.33. The molecule has 5 aromatic heterocycles. The third-order valence-electron chi connectivity index (χ3n) is 16.1. The summed E-state index contributed by atoms with van der Waals surface area (Å²) >= 11 is 0. The minimum atomic E-state index is -2.86. The number of para-hydroxylation sites is 6. The molecule has 6 nitrogen and oxygen atoms in total. The molecule has 0 aliphatic heterocycles. The van der Waals surface area contributed by atoms with Crippen molar-refractivity contribution in [1.29, 1.82) is 0 Å². The summed E-state index contributed by atoms with van der Waals surface area (Å²) in [6.07, 6.45) is 0. The average molecular weight is 999 g/mol. The first-order chi connectivity index (χ1) is 38.2. The van der Waals surface area contributed by atoms with Gasteiger partial charge in [-0.2, -0.15) is 9.97 Å². The summed E-state index contributed by atoms with van der Waals surface area (Å²) in [5, 5.41) is 14.6. The Kier molecular flexibility index (Phi) is 9.55. The highest BCUT2D eigenvalue weighted by Gasteiger charge is 2.41. The molecule has 77 heavy (non-hydrogen) atoms. The van der Waals surface area contributed by atoms with Gasteiger partial charge in [0.15, 0.2) is 8.07 Å². The molecule has 16 rings (SSSR count). The molecule has 0 spiro atoms. The number of nitrogens with zero attached hydrogens (tertiary/aromatic N) is 6. The van der Waals surface area contributed by atoms with Gasteiger partial charge in [-0.05, 0) is 75.3 Å². The molecule has 0 amide bonds. The summed E-state index contributed by atoms with van der Waals surface area (Å²) in [6.45, 7) is 0. The topological polar surface area (TPSA) is 45.5 Å². The van der Waals surface area contributed by atoms with Crippen molar-refractivity contribution in [2.75, 3.05) is 0 Å². The van der Waals surface area contributed by atoms with Gasteiger partial charge >= 0.3 is 0 Å². The first-order valence-electron chi connectivity index (χ1n) is 26.3. The lowest BCUT2D eigenvalue weighted by Crippen LogP contribution is -2.74. The number of hydrogen-bond donors (Lipinski definition) is 0. The molecule has 0 N–H and O–H groups in total. The molecular weight excluding hydrogens is 953 g/mol. The second kappa shape index (κ2) is 17.0. The van der Waals surface area contributed by atoms with Gasteiger partial charge < -0.3 is 4.57 Å². The minimum Gasteiger partial charge on any atom is -0.309 e. The van der Waals surface area contributed by atoms with Gasteiger partial charge in [-0.3, -0.25) is 13.7 Å². The van der Waals surface area contributed by atoms with Crippen LogP contribution < -0.4 is 20.7 Å². The van der Waals surface area contributed by atoms with E-state index < -0.39 is 8.07 Å². The first kappa shape index (κ1) is 43.3. The highest BCUT2D eigenvalue weighted by atomic mass is 28.3. The number of hydrogen-bond acceptors (Lipinski definition) is 2. The van der Waals surface area contributed by atoms with Crippen molar-refractivity contribution in [3.63, 3.8) is 0 Å². The molecule has 0 atom stereocenters. The molecule has 0 aliphatic rings. The Balaban J connectivity index is 1.01. The smallest absolute Gasteiger partial charge is 0.238 e. The van der Waals surface area contributed by atoms with Gasteiger partial charge in [0.2, 0.25) is 5.95 Å². The zero-order valence-electron chi connectivity index (χ0n) is 41.7. The zero-order chi connectivity index (χ0) is 50.6. The lowest BCUT2D eigenvalue weighted by atomic mass is 10.1. The van der Waals surface area contributed by atoms with Gasteiger partial charge in [-0.25, -0.2) is 0 Å². The quantitative estimate of drug-likeness (QED) is 0.112. The molecule has 7 heteroatoms. The van der Waals surface area contributed by atoms with Gasteiger partial charge in [-0.1, -0.05) is 218 Å². The van der Waals surface area contributed by atoms with Crippen molar-refractivity contribution >= 4 is 116 Å². The Morgan fingerprint density at radius 3 is 1.06 bits per heavy atom. The molecule has 0 fully saturated rings. The van der Waals surface area contributed by atoms with E-state index in [4.69, 9.17) is 9.97 Å². The zero-order valence-corrected chi connectivity index (χ0v) is 42.7. The van der Waals surface area contributed by atoms with Gasteiger partial charge in [-0.15, -0.1) is 0 Å². The number of fused-ring (bicyclic) bond motifs is 13. The van der Waals surface area contributed by atoms with Crippen molar-refractivity contribution in [2.24, 2.45) is 0 Å². The normalized spacial score (nSPS) is 12.2. The molecular formula is C70H46N6Si. The Morgan fingerprint density at radius 2 is 0.610 bits per heavy atom. The Bertz CT molecular complexity index is 4660. The van der Waals surface area contributed by atoms with Crippen molar-refractivity contribution < 1.29 is 0 Å². The van der Waals surface area contributed by atoms with E-state index in [1.54, 1.807) is 0 Å². The minimum absolute atomic E-state index is 0.586. The van der Waals surface area contributed by atoms with Crippen LogP contribution in [0.4, 0.5) is 0 Å². The summed E-state index contributed by atoms with van der Waals surface area (Å²) in [5.74, 6) is 2.15. The number of aromatic nitrogens is 6. The van der Waals surface area contributed by atoms with E-state index >= 15 is 0 Å². The monoisotopic (exact) mass is 998 g/mol. The summed E-state index contributed by atoms with van der Waals surface area (Å²) in [6, 6.07) is 102. The fourth-order valence-corrected chi connectivity index (χ4v) is 17.8. The largest absolute Gasteiger partial charge is 0.309 e. The fraction of sp³-hybridized carbons (Fsp3) is 0. The second-order valence-electron chi connectivity index (χ2n) is 20.1. The predicted molar refractivity (Wildman–Crippen MR) is 323 cm³/mol. The first-order valence-corrected chi connectivity index (χ1v) is 28.3. The van der Waals surface area contributed by atoms with E-state index in [9.17, 15) is 0 Å². The van der Waals surface area contributed by atoms with Gasteiger partial charge in [0.25, 0.3) is 0 Å².